The number of aryl methyl sites for hydroxylation is 1. The van der Waals surface area contributed by atoms with E-state index in [0.29, 0.717) is 11.1 Å². The lowest BCUT2D eigenvalue weighted by atomic mass is 10.1. The quantitative estimate of drug-likeness (QED) is 0.868. The molecule has 0 bridgehead atoms. The number of halogens is 2. The van der Waals surface area contributed by atoms with Crippen LogP contribution < -0.4 is 5.73 Å². The third-order valence-corrected chi connectivity index (χ3v) is 2.50. The molecule has 2 N–H and O–H groups in total. The van der Waals surface area contributed by atoms with Gasteiger partial charge in [-0.05, 0) is 18.6 Å². The summed E-state index contributed by atoms with van der Waals surface area (Å²) in [7, 11) is 0. The van der Waals surface area contributed by atoms with Crippen LogP contribution in [0.4, 0.5) is 8.78 Å². The Labute approximate surface area is 97.3 Å². The summed E-state index contributed by atoms with van der Waals surface area (Å²) in [6, 6.07) is 4.44. The average molecular weight is 235 g/mol. The predicted molar refractivity (Wildman–Crippen MR) is 60.0 cm³/mol. The summed E-state index contributed by atoms with van der Waals surface area (Å²) >= 11 is 0. The molecule has 0 radical (unpaired) electrons. The van der Waals surface area contributed by atoms with E-state index in [9.17, 15) is 8.78 Å². The Morgan fingerprint density at radius 2 is 2.00 bits per heavy atom. The number of benzene rings is 1. The first kappa shape index (κ1) is 11.6. The molecule has 17 heavy (non-hydrogen) atoms. The van der Waals surface area contributed by atoms with E-state index in [2.05, 4.69) is 9.97 Å². The maximum Gasteiger partial charge on any atom is 0.172 e. The topological polar surface area (TPSA) is 51.8 Å². The molecule has 0 spiro atoms. The highest BCUT2D eigenvalue weighted by atomic mass is 19.1. The Bertz CT molecular complexity index is 555. The van der Waals surface area contributed by atoms with E-state index < -0.39 is 11.6 Å². The zero-order valence-electron chi connectivity index (χ0n) is 9.24. The number of rotatable bonds is 2. The third-order valence-electron chi connectivity index (χ3n) is 2.50. The first-order valence-corrected chi connectivity index (χ1v) is 5.09. The molecular formula is C12H11F2N3. The second kappa shape index (κ2) is 4.55. The summed E-state index contributed by atoms with van der Waals surface area (Å²) in [5, 5.41) is 0. The summed E-state index contributed by atoms with van der Waals surface area (Å²) in [5.41, 5.74) is 6.42. The van der Waals surface area contributed by atoms with Gasteiger partial charge in [-0.3, -0.25) is 0 Å². The number of nitrogens with two attached hydrogens (primary N) is 1. The molecular weight excluding hydrogens is 224 g/mol. The van der Waals surface area contributed by atoms with E-state index >= 15 is 0 Å². The molecule has 0 saturated carbocycles. The highest BCUT2D eigenvalue weighted by Gasteiger charge is 2.12. The molecule has 3 nitrogen and oxygen atoms in total. The van der Waals surface area contributed by atoms with Gasteiger partial charge in [-0.25, -0.2) is 18.7 Å². The van der Waals surface area contributed by atoms with Crippen LogP contribution in [0.5, 0.6) is 0 Å². The molecule has 0 atom stereocenters. The molecule has 0 unspecified atom stereocenters. The highest BCUT2D eigenvalue weighted by Crippen LogP contribution is 2.23. The molecule has 0 aliphatic heterocycles. The normalized spacial score (nSPS) is 10.6. The van der Waals surface area contributed by atoms with Crippen LogP contribution in [-0.2, 0) is 6.54 Å². The second-order valence-electron chi connectivity index (χ2n) is 3.65. The lowest BCUT2D eigenvalue weighted by Gasteiger charge is -2.06. The summed E-state index contributed by atoms with van der Waals surface area (Å²) in [6.07, 6.45) is 1.22. The number of hydrogen-bond donors (Lipinski definition) is 1. The second-order valence-corrected chi connectivity index (χ2v) is 3.65. The average Bonchev–Trinajstić information content (AvgIpc) is 2.33. The van der Waals surface area contributed by atoms with Gasteiger partial charge in [-0.2, -0.15) is 0 Å². The minimum absolute atomic E-state index is 0.0182. The zero-order valence-corrected chi connectivity index (χ0v) is 9.24. The molecule has 2 aromatic rings. The molecule has 1 aromatic heterocycles. The fraction of sp³-hybridized carbons (Fsp3) is 0.167. The molecule has 1 aromatic carbocycles. The van der Waals surface area contributed by atoms with Crippen molar-refractivity contribution in [2.24, 2.45) is 5.73 Å². The van der Waals surface area contributed by atoms with Crippen LogP contribution in [0, 0.1) is 18.6 Å². The van der Waals surface area contributed by atoms with Crippen LogP contribution in [0.2, 0.25) is 0 Å². The van der Waals surface area contributed by atoms with E-state index in [1.54, 1.807) is 19.1 Å². The van der Waals surface area contributed by atoms with Gasteiger partial charge in [0.25, 0.3) is 0 Å². The Kier molecular flexibility index (Phi) is 3.10. The molecule has 0 saturated heterocycles. The van der Waals surface area contributed by atoms with Crippen LogP contribution in [0.3, 0.4) is 0 Å². The van der Waals surface area contributed by atoms with Gasteiger partial charge in [0.2, 0.25) is 0 Å². The zero-order chi connectivity index (χ0) is 12.4. The first-order chi connectivity index (χ1) is 8.13. The number of aromatic nitrogens is 2. The first-order valence-electron chi connectivity index (χ1n) is 5.09. The molecule has 0 amide bonds. The maximum atomic E-state index is 13.9. The third kappa shape index (κ3) is 2.14. The minimum atomic E-state index is -0.599. The van der Waals surface area contributed by atoms with Gasteiger partial charge in [-0.1, -0.05) is 12.1 Å². The van der Waals surface area contributed by atoms with E-state index in [1.165, 1.54) is 12.4 Å². The Hall–Kier alpha value is -1.88. The standard InChI is InChI=1S/C12H11F2N3/c1-7-2-3-8(4-9(7)13)12-11(14)10(5-15)16-6-17-12/h2-4,6H,5,15H2,1H3. The van der Waals surface area contributed by atoms with Gasteiger partial charge in [0.1, 0.15) is 17.8 Å². The minimum Gasteiger partial charge on any atom is -0.325 e. The van der Waals surface area contributed by atoms with Crippen LogP contribution >= 0.6 is 0 Å². The number of nitrogens with zero attached hydrogens (tertiary/aromatic N) is 2. The number of hydrogen-bond acceptors (Lipinski definition) is 3. The van der Waals surface area contributed by atoms with Gasteiger partial charge in [-0.15, -0.1) is 0 Å². The van der Waals surface area contributed by atoms with E-state index in [-0.39, 0.29) is 17.9 Å². The lowest BCUT2D eigenvalue weighted by molar-refractivity contribution is 0.594. The van der Waals surface area contributed by atoms with Gasteiger partial charge in [0.05, 0.1) is 5.69 Å². The summed E-state index contributed by atoms with van der Waals surface area (Å²) in [4.78, 5) is 7.54. The summed E-state index contributed by atoms with van der Waals surface area (Å²) < 4.78 is 27.3. The SMILES string of the molecule is Cc1ccc(-c2ncnc(CN)c2F)cc1F. The Balaban J connectivity index is 2.56. The summed E-state index contributed by atoms with van der Waals surface area (Å²) in [5.74, 6) is -0.993. The lowest BCUT2D eigenvalue weighted by Crippen LogP contribution is -2.05. The fourth-order valence-electron chi connectivity index (χ4n) is 1.49. The fourth-order valence-corrected chi connectivity index (χ4v) is 1.49. The van der Waals surface area contributed by atoms with E-state index in [1.807, 2.05) is 0 Å². The molecule has 88 valence electrons. The van der Waals surface area contributed by atoms with Crippen molar-refractivity contribution in [1.82, 2.24) is 9.97 Å². The van der Waals surface area contributed by atoms with Gasteiger partial charge in [0, 0.05) is 12.1 Å². The van der Waals surface area contributed by atoms with Crippen LogP contribution in [0.15, 0.2) is 24.5 Å². The van der Waals surface area contributed by atoms with E-state index in [4.69, 9.17) is 5.73 Å². The Morgan fingerprint density at radius 1 is 1.24 bits per heavy atom. The molecule has 0 fully saturated rings. The highest BCUT2D eigenvalue weighted by molar-refractivity contribution is 5.60. The maximum absolute atomic E-state index is 13.9. The van der Waals surface area contributed by atoms with Gasteiger partial charge >= 0.3 is 0 Å². The van der Waals surface area contributed by atoms with Crippen molar-refractivity contribution >= 4 is 0 Å². The van der Waals surface area contributed by atoms with Gasteiger partial charge in [0.15, 0.2) is 5.82 Å². The van der Waals surface area contributed by atoms with Crippen molar-refractivity contribution in [3.05, 3.63) is 47.4 Å². The monoisotopic (exact) mass is 235 g/mol. The van der Waals surface area contributed by atoms with Crippen LogP contribution in [0.1, 0.15) is 11.3 Å². The van der Waals surface area contributed by atoms with Crippen molar-refractivity contribution in [2.75, 3.05) is 0 Å². The van der Waals surface area contributed by atoms with Crippen molar-refractivity contribution in [2.45, 2.75) is 13.5 Å². The Morgan fingerprint density at radius 3 is 2.65 bits per heavy atom. The van der Waals surface area contributed by atoms with Crippen molar-refractivity contribution in [1.29, 1.82) is 0 Å². The van der Waals surface area contributed by atoms with Crippen molar-refractivity contribution < 1.29 is 8.78 Å². The molecule has 2 rings (SSSR count). The molecule has 5 heteroatoms. The summed E-state index contributed by atoms with van der Waals surface area (Å²) in [6.45, 7) is 1.62. The van der Waals surface area contributed by atoms with Gasteiger partial charge < -0.3 is 5.73 Å². The van der Waals surface area contributed by atoms with E-state index in [0.717, 1.165) is 0 Å². The molecule has 0 aliphatic rings. The molecule has 1 heterocycles. The molecule has 0 aliphatic carbocycles. The predicted octanol–water partition coefficient (Wildman–Crippen LogP) is 2.19. The smallest absolute Gasteiger partial charge is 0.172 e. The van der Waals surface area contributed by atoms with Crippen LogP contribution in [-0.4, -0.2) is 9.97 Å². The van der Waals surface area contributed by atoms with Crippen molar-refractivity contribution in [3.63, 3.8) is 0 Å². The van der Waals surface area contributed by atoms with Crippen molar-refractivity contribution in [3.8, 4) is 11.3 Å². The largest absolute Gasteiger partial charge is 0.325 e. The van der Waals surface area contributed by atoms with Crippen LogP contribution in [0.25, 0.3) is 11.3 Å².